The zero-order valence-corrected chi connectivity index (χ0v) is 16.0. The van der Waals surface area contributed by atoms with Crippen LogP contribution in [0.15, 0.2) is 41.2 Å². The second-order valence-corrected chi connectivity index (χ2v) is 7.49. The number of para-hydroxylation sites is 1. The van der Waals surface area contributed by atoms with Gasteiger partial charge in [0.25, 0.3) is 11.5 Å². The van der Waals surface area contributed by atoms with Crippen molar-refractivity contribution in [2.75, 3.05) is 32.8 Å². The number of rotatable bonds is 6. The van der Waals surface area contributed by atoms with Crippen LogP contribution in [0.3, 0.4) is 0 Å². The normalized spacial score (nSPS) is 18.2. The number of benzene rings is 1. The van der Waals surface area contributed by atoms with Crippen LogP contribution in [-0.4, -0.2) is 69.4 Å². The minimum atomic E-state index is -0.255. The summed E-state index contributed by atoms with van der Waals surface area (Å²) in [4.78, 5) is 29.3. The van der Waals surface area contributed by atoms with Crippen LogP contribution < -0.4 is 5.56 Å². The summed E-state index contributed by atoms with van der Waals surface area (Å²) < 4.78 is 1.38. The van der Waals surface area contributed by atoms with E-state index in [1.165, 1.54) is 10.7 Å². The van der Waals surface area contributed by atoms with E-state index < -0.39 is 0 Å². The first-order valence-corrected chi connectivity index (χ1v) is 9.51. The van der Waals surface area contributed by atoms with Gasteiger partial charge < -0.3 is 10.0 Å². The molecule has 2 aromatic rings. The van der Waals surface area contributed by atoms with E-state index in [2.05, 4.69) is 23.8 Å². The molecule has 0 radical (unpaired) electrons. The van der Waals surface area contributed by atoms with E-state index in [-0.39, 0.29) is 24.1 Å². The summed E-state index contributed by atoms with van der Waals surface area (Å²) >= 11 is 0. The Hall–Kier alpha value is -2.38. The van der Waals surface area contributed by atoms with Gasteiger partial charge in [-0.25, -0.2) is 4.68 Å². The van der Waals surface area contributed by atoms with Crippen molar-refractivity contribution < 1.29 is 9.90 Å². The monoisotopic (exact) mass is 372 g/mol. The molecule has 1 aromatic carbocycles. The number of nitrogens with zero attached hydrogens (tertiary/aromatic N) is 3. The molecule has 1 aliphatic rings. The Morgan fingerprint density at radius 1 is 1.26 bits per heavy atom. The van der Waals surface area contributed by atoms with Gasteiger partial charge in [-0.1, -0.05) is 32.0 Å². The molecule has 0 unspecified atom stereocenters. The SMILES string of the molecule is CC(C)CN1CCN(C(=O)c2cc(=O)n(-c3ccccc3)[nH]2)C[C@H]1CCO. The zero-order chi connectivity index (χ0) is 19.4. The number of piperazine rings is 1. The van der Waals surface area contributed by atoms with Gasteiger partial charge in [0.15, 0.2) is 0 Å². The fourth-order valence-corrected chi connectivity index (χ4v) is 3.65. The van der Waals surface area contributed by atoms with Gasteiger partial charge in [-0.3, -0.25) is 19.6 Å². The zero-order valence-electron chi connectivity index (χ0n) is 16.0. The number of hydrogen-bond donors (Lipinski definition) is 2. The molecule has 146 valence electrons. The average molecular weight is 372 g/mol. The lowest BCUT2D eigenvalue weighted by atomic mass is 10.1. The van der Waals surface area contributed by atoms with E-state index in [0.717, 1.165) is 13.1 Å². The molecule has 0 spiro atoms. The number of aliphatic hydroxyl groups is 1. The highest BCUT2D eigenvalue weighted by Crippen LogP contribution is 2.17. The average Bonchev–Trinajstić information content (AvgIpc) is 3.05. The summed E-state index contributed by atoms with van der Waals surface area (Å²) in [5.41, 5.74) is 0.736. The Morgan fingerprint density at radius 2 is 2.00 bits per heavy atom. The van der Waals surface area contributed by atoms with E-state index in [1.807, 2.05) is 30.3 Å². The van der Waals surface area contributed by atoms with Crippen molar-refractivity contribution in [3.05, 3.63) is 52.4 Å². The maximum atomic E-state index is 12.9. The van der Waals surface area contributed by atoms with Crippen LogP contribution in [0, 0.1) is 5.92 Å². The number of aromatic amines is 1. The quantitative estimate of drug-likeness (QED) is 0.802. The number of nitrogens with one attached hydrogen (secondary N) is 1. The molecule has 2 heterocycles. The molecule has 1 amide bonds. The summed E-state index contributed by atoms with van der Waals surface area (Å²) in [6, 6.07) is 10.7. The standard InChI is InChI=1S/C20H28N4O3/c1-15(2)13-22-9-10-23(14-17(22)8-11-25)20(27)18-12-19(26)24(21-18)16-6-4-3-5-7-16/h3-7,12,15,17,21,25H,8-11,13-14H2,1-2H3/t17-/m1/s1. The lowest BCUT2D eigenvalue weighted by molar-refractivity contribution is 0.0380. The van der Waals surface area contributed by atoms with E-state index >= 15 is 0 Å². The fourth-order valence-electron chi connectivity index (χ4n) is 3.65. The van der Waals surface area contributed by atoms with Gasteiger partial charge in [0, 0.05) is 44.9 Å². The van der Waals surface area contributed by atoms with Gasteiger partial charge in [-0.05, 0) is 24.5 Å². The van der Waals surface area contributed by atoms with E-state index in [9.17, 15) is 14.7 Å². The highest BCUT2D eigenvalue weighted by Gasteiger charge is 2.30. The second kappa shape index (κ2) is 8.54. The fraction of sp³-hybridized carbons (Fsp3) is 0.500. The van der Waals surface area contributed by atoms with Crippen LogP contribution in [0.5, 0.6) is 0 Å². The second-order valence-electron chi connectivity index (χ2n) is 7.49. The highest BCUT2D eigenvalue weighted by atomic mass is 16.3. The first kappa shape index (κ1) is 19.4. The summed E-state index contributed by atoms with van der Waals surface area (Å²) in [7, 11) is 0. The third-order valence-corrected chi connectivity index (χ3v) is 4.92. The van der Waals surface area contributed by atoms with Gasteiger partial charge in [0.2, 0.25) is 0 Å². The van der Waals surface area contributed by atoms with Crippen molar-refractivity contribution in [2.45, 2.75) is 26.3 Å². The molecule has 7 heteroatoms. The molecule has 0 bridgehead atoms. The molecule has 1 aliphatic heterocycles. The van der Waals surface area contributed by atoms with E-state index in [0.29, 0.717) is 36.8 Å². The molecule has 0 aliphatic carbocycles. The Bertz CT molecular complexity index is 812. The Labute approximate surface area is 159 Å². The lowest BCUT2D eigenvalue weighted by Gasteiger charge is -2.42. The number of amides is 1. The molecule has 2 N–H and O–H groups in total. The Balaban J connectivity index is 1.75. The van der Waals surface area contributed by atoms with Gasteiger partial charge in [0.1, 0.15) is 5.69 Å². The minimum absolute atomic E-state index is 0.0997. The maximum Gasteiger partial charge on any atom is 0.272 e. The molecule has 1 fully saturated rings. The van der Waals surface area contributed by atoms with E-state index in [1.54, 1.807) is 4.90 Å². The van der Waals surface area contributed by atoms with Gasteiger partial charge in [-0.2, -0.15) is 0 Å². The summed E-state index contributed by atoms with van der Waals surface area (Å²) in [5.74, 6) is 0.360. The van der Waals surface area contributed by atoms with Crippen molar-refractivity contribution >= 4 is 5.91 Å². The molecular weight excluding hydrogens is 344 g/mol. The molecule has 0 saturated carbocycles. The molecule has 1 saturated heterocycles. The number of hydrogen-bond acceptors (Lipinski definition) is 4. The predicted molar refractivity (Wildman–Crippen MR) is 104 cm³/mol. The largest absolute Gasteiger partial charge is 0.396 e. The van der Waals surface area contributed by atoms with Crippen LogP contribution >= 0.6 is 0 Å². The van der Waals surface area contributed by atoms with Crippen molar-refractivity contribution in [2.24, 2.45) is 5.92 Å². The molecule has 3 rings (SSSR count). The molecule has 1 atom stereocenters. The number of aliphatic hydroxyl groups excluding tert-OH is 1. The Kier molecular flexibility index (Phi) is 6.13. The predicted octanol–water partition coefficient (Wildman–Crippen LogP) is 1.33. The van der Waals surface area contributed by atoms with Crippen LogP contribution in [0.4, 0.5) is 0 Å². The first-order chi connectivity index (χ1) is 13.0. The number of H-pyrrole nitrogens is 1. The van der Waals surface area contributed by atoms with Crippen molar-refractivity contribution in [3.63, 3.8) is 0 Å². The first-order valence-electron chi connectivity index (χ1n) is 9.51. The summed E-state index contributed by atoms with van der Waals surface area (Å²) in [6.07, 6.45) is 0.637. The highest BCUT2D eigenvalue weighted by molar-refractivity contribution is 5.92. The van der Waals surface area contributed by atoms with Gasteiger partial charge in [0.05, 0.1) is 5.69 Å². The topological polar surface area (TPSA) is 81.6 Å². The van der Waals surface area contributed by atoms with Crippen LogP contribution in [0.2, 0.25) is 0 Å². The van der Waals surface area contributed by atoms with Crippen LogP contribution in [0.25, 0.3) is 5.69 Å². The smallest absolute Gasteiger partial charge is 0.272 e. The Morgan fingerprint density at radius 3 is 2.67 bits per heavy atom. The molecule has 1 aromatic heterocycles. The molecular formula is C20H28N4O3. The molecule has 27 heavy (non-hydrogen) atoms. The number of aromatic nitrogens is 2. The third-order valence-electron chi connectivity index (χ3n) is 4.92. The van der Waals surface area contributed by atoms with Gasteiger partial charge >= 0.3 is 0 Å². The number of carbonyl (C=O) groups excluding carboxylic acids is 1. The summed E-state index contributed by atoms with van der Waals surface area (Å²) in [5, 5.41) is 12.3. The summed E-state index contributed by atoms with van der Waals surface area (Å²) in [6.45, 7) is 7.35. The maximum absolute atomic E-state index is 12.9. The van der Waals surface area contributed by atoms with Crippen molar-refractivity contribution in [3.8, 4) is 5.69 Å². The number of carbonyl (C=O) groups is 1. The molecule has 7 nitrogen and oxygen atoms in total. The van der Waals surface area contributed by atoms with Crippen molar-refractivity contribution in [1.29, 1.82) is 0 Å². The third kappa shape index (κ3) is 4.48. The lowest BCUT2D eigenvalue weighted by Crippen LogP contribution is -2.55. The van der Waals surface area contributed by atoms with Gasteiger partial charge in [-0.15, -0.1) is 0 Å². The minimum Gasteiger partial charge on any atom is -0.396 e. The van der Waals surface area contributed by atoms with Crippen LogP contribution in [0.1, 0.15) is 30.8 Å². The van der Waals surface area contributed by atoms with E-state index in [4.69, 9.17) is 0 Å². The van der Waals surface area contributed by atoms with Crippen molar-refractivity contribution in [1.82, 2.24) is 19.6 Å². The van der Waals surface area contributed by atoms with Crippen LogP contribution in [-0.2, 0) is 0 Å².